The minimum absolute atomic E-state index is 0.0704. The molecule has 0 radical (unpaired) electrons. The minimum Gasteiger partial charge on any atom is -0.462 e. The SMILES string of the molecule is C=C(C)C(=O)OCC(CO)C1CCC(C2CCC(CCc3ccc(CCC)cc3)CC2)CC1. The first-order valence-corrected chi connectivity index (χ1v) is 13.5. The molecule has 0 aliphatic heterocycles. The maximum atomic E-state index is 11.7. The summed E-state index contributed by atoms with van der Waals surface area (Å²) in [6.45, 7) is 7.97. The maximum Gasteiger partial charge on any atom is 0.333 e. The molecule has 0 amide bonds. The number of aliphatic hydroxyl groups is 1. The summed E-state index contributed by atoms with van der Waals surface area (Å²) < 4.78 is 5.34. The highest BCUT2D eigenvalue weighted by Crippen LogP contribution is 2.43. The lowest BCUT2D eigenvalue weighted by Gasteiger charge is -2.39. The van der Waals surface area contributed by atoms with Crippen LogP contribution >= 0.6 is 0 Å². The van der Waals surface area contributed by atoms with Crippen molar-refractivity contribution in [3.05, 3.63) is 47.5 Å². The second-order valence-corrected chi connectivity index (χ2v) is 10.9. The fourth-order valence-electron chi connectivity index (χ4n) is 6.21. The second kappa shape index (κ2) is 13.3. The van der Waals surface area contributed by atoms with Crippen LogP contribution in [0.25, 0.3) is 0 Å². The van der Waals surface area contributed by atoms with Crippen molar-refractivity contribution in [1.29, 1.82) is 0 Å². The van der Waals surface area contributed by atoms with E-state index in [1.165, 1.54) is 75.3 Å². The van der Waals surface area contributed by atoms with Gasteiger partial charge in [0.2, 0.25) is 0 Å². The van der Waals surface area contributed by atoms with Crippen LogP contribution < -0.4 is 0 Å². The van der Waals surface area contributed by atoms with Crippen molar-refractivity contribution in [3.63, 3.8) is 0 Å². The Hall–Kier alpha value is -1.61. The molecule has 33 heavy (non-hydrogen) atoms. The quantitative estimate of drug-likeness (QED) is 0.292. The number of hydrogen-bond acceptors (Lipinski definition) is 3. The van der Waals surface area contributed by atoms with E-state index < -0.39 is 0 Å². The molecule has 2 aliphatic rings. The van der Waals surface area contributed by atoms with Crippen LogP contribution in [-0.2, 0) is 22.4 Å². The van der Waals surface area contributed by atoms with Crippen LogP contribution in [0.3, 0.4) is 0 Å². The number of hydrogen-bond donors (Lipinski definition) is 1. The summed E-state index contributed by atoms with van der Waals surface area (Å²) in [7, 11) is 0. The normalized spacial score (nSPS) is 26.5. The third-order valence-electron chi connectivity index (χ3n) is 8.46. The first kappa shape index (κ1) is 26.0. The molecule has 1 unspecified atom stereocenters. The van der Waals surface area contributed by atoms with Gasteiger partial charge in [-0.2, -0.15) is 0 Å². The number of aliphatic hydroxyl groups excluding tert-OH is 1. The summed E-state index contributed by atoms with van der Waals surface area (Å²) in [4.78, 5) is 11.7. The lowest BCUT2D eigenvalue weighted by atomic mass is 9.67. The highest BCUT2D eigenvalue weighted by Gasteiger charge is 2.33. The Labute approximate surface area is 202 Å². The van der Waals surface area contributed by atoms with Gasteiger partial charge in [0.05, 0.1) is 6.61 Å². The molecule has 1 atom stereocenters. The molecule has 1 aromatic rings. The molecule has 0 spiro atoms. The van der Waals surface area contributed by atoms with Gasteiger partial charge in [0, 0.05) is 18.1 Å². The van der Waals surface area contributed by atoms with E-state index in [1.54, 1.807) is 6.92 Å². The van der Waals surface area contributed by atoms with Crippen LogP contribution in [-0.4, -0.2) is 24.3 Å². The van der Waals surface area contributed by atoms with Crippen LogP contribution in [0.2, 0.25) is 0 Å². The van der Waals surface area contributed by atoms with Gasteiger partial charge >= 0.3 is 5.97 Å². The van der Waals surface area contributed by atoms with Gasteiger partial charge < -0.3 is 9.84 Å². The molecule has 3 nitrogen and oxygen atoms in total. The van der Waals surface area contributed by atoms with Crippen LogP contribution in [0.1, 0.15) is 89.2 Å². The van der Waals surface area contributed by atoms with E-state index in [0.29, 0.717) is 18.1 Å². The number of rotatable bonds is 11. The molecule has 0 heterocycles. The molecule has 184 valence electrons. The summed E-state index contributed by atoms with van der Waals surface area (Å²) in [5, 5.41) is 9.83. The number of benzene rings is 1. The number of esters is 1. The first-order valence-electron chi connectivity index (χ1n) is 13.5. The van der Waals surface area contributed by atoms with Crippen LogP contribution in [0.5, 0.6) is 0 Å². The van der Waals surface area contributed by atoms with Gasteiger partial charge in [-0.25, -0.2) is 4.79 Å². The van der Waals surface area contributed by atoms with Crippen molar-refractivity contribution in [3.8, 4) is 0 Å². The van der Waals surface area contributed by atoms with Crippen molar-refractivity contribution < 1.29 is 14.6 Å². The fourth-order valence-corrected chi connectivity index (χ4v) is 6.21. The van der Waals surface area contributed by atoms with Gasteiger partial charge in [0.25, 0.3) is 0 Å². The lowest BCUT2D eigenvalue weighted by Crippen LogP contribution is -2.31. The Balaban J connectivity index is 1.35. The van der Waals surface area contributed by atoms with E-state index in [1.807, 2.05) is 0 Å². The van der Waals surface area contributed by atoms with E-state index in [-0.39, 0.29) is 18.5 Å². The zero-order chi connectivity index (χ0) is 23.6. The van der Waals surface area contributed by atoms with Crippen LogP contribution in [0.4, 0.5) is 0 Å². The Bertz CT molecular complexity index is 721. The molecule has 0 bridgehead atoms. The monoisotopic (exact) mass is 454 g/mol. The predicted molar refractivity (Wildman–Crippen MR) is 136 cm³/mol. The van der Waals surface area contributed by atoms with Crippen molar-refractivity contribution in [2.75, 3.05) is 13.2 Å². The Morgan fingerprint density at radius 1 is 0.970 bits per heavy atom. The summed E-state index contributed by atoms with van der Waals surface area (Å²) in [5.41, 5.74) is 3.40. The third-order valence-corrected chi connectivity index (χ3v) is 8.46. The Kier molecular flexibility index (Phi) is 10.5. The smallest absolute Gasteiger partial charge is 0.333 e. The lowest BCUT2D eigenvalue weighted by molar-refractivity contribution is -0.141. The van der Waals surface area contributed by atoms with Crippen molar-refractivity contribution >= 4 is 5.97 Å². The van der Waals surface area contributed by atoms with E-state index >= 15 is 0 Å². The largest absolute Gasteiger partial charge is 0.462 e. The van der Waals surface area contributed by atoms with Gasteiger partial charge in [-0.1, -0.05) is 57.0 Å². The zero-order valence-electron chi connectivity index (χ0n) is 21.1. The predicted octanol–water partition coefficient (Wildman–Crippen LogP) is 6.91. The average molecular weight is 455 g/mol. The molecule has 2 saturated carbocycles. The van der Waals surface area contributed by atoms with Crippen molar-refractivity contribution in [2.24, 2.45) is 29.6 Å². The third kappa shape index (κ3) is 7.98. The molecule has 0 saturated heterocycles. The highest BCUT2D eigenvalue weighted by atomic mass is 16.5. The summed E-state index contributed by atoms with van der Waals surface area (Å²) in [5.74, 6) is 2.85. The number of carbonyl (C=O) groups is 1. The number of carbonyl (C=O) groups excluding carboxylic acids is 1. The molecular weight excluding hydrogens is 408 g/mol. The maximum absolute atomic E-state index is 11.7. The zero-order valence-corrected chi connectivity index (χ0v) is 21.1. The number of aryl methyl sites for hydroxylation is 2. The highest BCUT2D eigenvalue weighted by molar-refractivity contribution is 5.86. The molecular formula is C30H46O3. The average Bonchev–Trinajstić information content (AvgIpc) is 2.85. The second-order valence-electron chi connectivity index (χ2n) is 10.9. The standard InChI is InChI=1S/C30H46O3/c1-4-5-23-6-8-24(9-7-23)10-11-25-12-14-26(15-13-25)27-16-18-28(19-17-27)29(20-31)21-33-30(32)22(2)3/h6-9,25-29,31H,2,4-5,10-21H2,1,3H3. The Morgan fingerprint density at radius 3 is 2.03 bits per heavy atom. The van der Waals surface area contributed by atoms with Crippen LogP contribution in [0, 0.1) is 29.6 Å². The van der Waals surface area contributed by atoms with Gasteiger partial charge in [0.1, 0.15) is 0 Å². The molecule has 0 aromatic heterocycles. The summed E-state index contributed by atoms with van der Waals surface area (Å²) >= 11 is 0. The first-order chi connectivity index (χ1) is 16.0. The van der Waals surface area contributed by atoms with Gasteiger partial charge in [-0.05, 0) is 99.5 Å². The fraction of sp³-hybridized carbons (Fsp3) is 0.700. The summed E-state index contributed by atoms with van der Waals surface area (Å²) in [6, 6.07) is 9.32. The number of ether oxygens (including phenoxy) is 1. The van der Waals surface area contributed by atoms with E-state index in [0.717, 1.165) is 30.6 Å². The van der Waals surface area contributed by atoms with Gasteiger partial charge in [0.15, 0.2) is 0 Å². The van der Waals surface area contributed by atoms with Crippen molar-refractivity contribution in [1.82, 2.24) is 0 Å². The molecule has 1 aromatic carbocycles. The topological polar surface area (TPSA) is 46.5 Å². The summed E-state index contributed by atoms with van der Waals surface area (Å²) in [6.07, 6.45) is 15.4. The van der Waals surface area contributed by atoms with E-state index in [9.17, 15) is 9.90 Å². The van der Waals surface area contributed by atoms with Gasteiger partial charge in [-0.3, -0.25) is 0 Å². The molecule has 3 heteroatoms. The Morgan fingerprint density at radius 2 is 1.52 bits per heavy atom. The molecule has 2 aliphatic carbocycles. The van der Waals surface area contributed by atoms with Crippen LogP contribution in [0.15, 0.2) is 36.4 Å². The van der Waals surface area contributed by atoms with E-state index in [4.69, 9.17) is 4.74 Å². The molecule has 1 N–H and O–H groups in total. The minimum atomic E-state index is -0.340. The molecule has 3 rings (SSSR count). The van der Waals surface area contributed by atoms with Crippen molar-refractivity contribution in [2.45, 2.75) is 90.9 Å². The van der Waals surface area contributed by atoms with E-state index in [2.05, 4.69) is 37.8 Å². The molecule has 2 fully saturated rings. The van der Waals surface area contributed by atoms with Gasteiger partial charge in [-0.15, -0.1) is 0 Å².